The number of rotatable bonds is 7. The minimum Gasteiger partial charge on any atom is -0.465 e. The van der Waals surface area contributed by atoms with Gasteiger partial charge in [0.1, 0.15) is 10.0 Å². The molecule has 0 radical (unpaired) electrons. The number of aromatic nitrogens is 2. The van der Waals surface area contributed by atoms with Crippen LogP contribution in [-0.4, -0.2) is 34.9 Å². The summed E-state index contributed by atoms with van der Waals surface area (Å²) in [6.07, 6.45) is 2.98. The first-order chi connectivity index (χ1) is 15.0. The van der Waals surface area contributed by atoms with Gasteiger partial charge in [-0.2, -0.15) is 0 Å². The summed E-state index contributed by atoms with van der Waals surface area (Å²) >= 11 is 4.54. The van der Waals surface area contributed by atoms with Crippen LogP contribution >= 0.6 is 34.4 Å². The lowest BCUT2D eigenvalue weighted by Gasteiger charge is -2.22. The van der Waals surface area contributed by atoms with E-state index in [1.807, 2.05) is 13.0 Å². The standard InChI is InChI=1S/C22H23N3O3S3/c1-13-24-25-22(30-13)29-11-10-18(26)23-20-19(21(27)28-2)16-9-8-15(12-17(16)31-20)14-6-4-3-5-7-14/h3-7,15H,8-12H2,1-2H3,(H,23,26). The summed E-state index contributed by atoms with van der Waals surface area (Å²) < 4.78 is 5.89. The number of thioether (sulfide) groups is 1. The lowest BCUT2D eigenvalue weighted by Crippen LogP contribution is -2.16. The summed E-state index contributed by atoms with van der Waals surface area (Å²) in [6.45, 7) is 1.91. The van der Waals surface area contributed by atoms with Crippen LogP contribution in [0.15, 0.2) is 34.7 Å². The Hall–Kier alpha value is -2.23. The van der Waals surface area contributed by atoms with Crippen LogP contribution in [0.4, 0.5) is 5.00 Å². The number of amides is 1. The van der Waals surface area contributed by atoms with Crippen molar-refractivity contribution < 1.29 is 14.3 Å². The molecule has 1 aliphatic rings. The predicted octanol–water partition coefficient (Wildman–Crippen LogP) is 5.09. The summed E-state index contributed by atoms with van der Waals surface area (Å²) in [5, 5.41) is 12.5. The molecule has 0 saturated heterocycles. The summed E-state index contributed by atoms with van der Waals surface area (Å²) in [5.41, 5.74) is 2.86. The minimum atomic E-state index is -0.385. The van der Waals surface area contributed by atoms with Crippen LogP contribution in [0.3, 0.4) is 0 Å². The number of fused-ring (bicyclic) bond motifs is 1. The fourth-order valence-corrected chi connectivity index (χ4v) is 6.91. The molecule has 0 spiro atoms. The fraction of sp³-hybridized carbons (Fsp3) is 0.364. The number of benzene rings is 1. The van der Waals surface area contributed by atoms with E-state index in [4.69, 9.17) is 4.74 Å². The zero-order valence-electron chi connectivity index (χ0n) is 17.3. The number of nitrogens with one attached hydrogen (secondary N) is 1. The Labute approximate surface area is 193 Å². The third kappa shape index (κ3) is 5.16. The molecule has 0 aliphatic heterocycles. The van der Waals surface area contributed by atoms with E-state index in [9.17, 15) is 9.59 Å². The molecule has 0 bridgehead atoms. The second-order valence-corrected chi connectivity index (χ2v) is 10.9. The lowest BCUT2D eigenvalue weighted by atomic mass is 9.83. The Kier molecular flexibility index (Phi) is 7.04. The highest BCUT2D eigenvalue weighted by Gasteiger charge is 2.30. The van der Waals surface area contributed by atoms with Gasteiger partial charge < -0.3 is 10.1 Å². The SMILES string of the molecule is COC(=O)c1c(NC(=O)CCSc2nnc(C)s2)sc2c1CCC(c1ccccc1)C2. The van der Waals surface area contributed by atoms with E-state index in [1.165, 1.54) is 47.1 Å². The van der Waals surface area contributed by atoms with Crippen molar-refractivity contribution in [1.82, 2.24) is 10.2 Å². The molecule has 4 rings (SSSR count). The molecule has 6 nitrogen and oxygen atoms in total. The van der Waals surface area contributed by atoms with Crippen molar-refractivity contribution in [3.63, 3.8) is 0 Å². The van der Waals surface area contributed by atoms with Gasteiger partial charge in [-0.1, -0.05) is 53.4 Å². The molecule has 0 saturated carbocycles. The van der Waals surface area contributed by atoms with E-state index in [-0.39, 0.29) is 11.9 Å². The minimum absolute atomic E-state index is 0.114. The molecule has 1 amide bonds. The van der Waals surface area contributed by atoms with Crippen molar-refractivity contribution in [2.75, 3.05) is 18.2 Å². The van der Waals surface area contributed by atoms with Gasteiger partial charge in [-0.05, 0) is 43.2 Å². The number of hydrogen-bond donors (Lipinski definition) is 1. The topological polar surface area (TPSA) is 81.2 Å². The molecule has 1 atom stereocenters. The van der Waals surface area contributed by atoms with Gasteiger partial charge in [-0.3, -0.25) is 4.79 Å². The number of methoxy groups -OCH3 is 1. The number of nitrogens with zero attached hydrogens (tertiary/aromatic N) is 2. The second-order valence-electron chi connectivity index (χ2n) is 7.28. The summed E-state index contributed by atoms with van der Waals surface area (Å²) in [7, 11) is 1.38. The van der Waals surface area contributed by atoms with Crippen LogP contribution in [-0.2, 0) is 22.4 Å². The van der Waals surface area contributed by atoms with Gasteiger partial charge in [0.05, 0.1) is 12.7 Å². The largest absolute Gasteiger partial charge is 0.465 e. The monoisotopic (exact) mass is 473 g/mol. The molecule has 1 aromatic carbocycles. The average molecular weight is 474 g/mol. The van der Waals surface area contributed by atoms with Gasteiger partial charge in [0.2, 0.25) is 5.91 Å². The first-order valence-electron chi connectivity index (χ1n) is 10.1. The number of thiophene rings is 1. The molecule has 162 valence electrons. The van der Waals surface area contributed by atoms with Gasteiger partial charge in [-0.25, -0.2) is 4.79 Å². The van der Waals surface area contributed by atoms with Crippen LogP contribution in [0.5, 0.6) is 0 Å². The highest BCUT2D eigenvalue weighted by molar-refractivity contribution is 8.01. The molecule has 2 aromatic heterocycles. The molecular weight excluding hydrogens is 450 g/mol. The normalized spacial score (nSPS) is 15.4. The Balaban J connectivity index is 1.46. The quantitative estimate of drug-likeness (QED) is 0.380. The molecule has 9 heteroatoms. The van der Waals surface area contributed by atoms with Gasteiger partial charge >= 0.3 is 5.97 Å². The molecule has 1 unspecified atom stereocenters. The van der Waals surface area contributed by atoms with Crippen LogP contribution in [0.25, 0.3) is 0 Å². The number of anilines is 1. The Morgan fingerprint density at radius 3 is 2.74 bits per heavy atom. The van der Waals surface area contributed by atoms with Crippen molar-refractivity contribution in [3.05, 3.63) is 56.9 Å². The number of carbonyl (C=O) groups excluding carboxylic acids is 2. The van der Waals surface area contributed by atoms with E-state index >= 15 is 0 Å². The summed E-state index contributed by atoms with van der Waals surface area (Å²) in [6, 6.07) is 10.5. The third-order valence-corrected chi connectivity index (χ3v) is 8.38. The Morgan fingerprint density at radius 2 is 2.03 bits per heavy atom. The van der Waals surface area contributed by atoms with Crippen molar-refractivity contribution in [3.8, 4) is 0 Å². The maximum atomic E-state index is 12.6. The first-order valence-corrected chi connectivity index (χ1v) is 12.7. The molecular formula is C22H23N3O3S3. The highest BCUT2D eigenvalue weighted by atomic mass is 32.2. The molecule has 2 heterocycles. The highest BCUT2D eigenvalue weighted by Crippen LogP contribution is 2.42. The Bertz CT molecular complexity index is 1080. The van der Waals surface area contributed by atoms with E-state index in [0.717, 1.165) is 39.1 Å². The van der Waals surface area contributed by atoms with Crippen LogP contribution in [0.1, 0.15) is 50.1 Å². The van der Waals surface area contributed by atoms with Crippen LogP contribution < -0.4 is 5.32 Å². The zero-order chi connectivity index (χ0) is 21.8. The lowest BCUT2D eigenvalue weighted by molar-refractivity contribution is -0.115. The summed E-state index contributed by atoms with van der Waals surface area (Å²) in [5.74, 6) is 0.532. The van der Waals surface area contributed by atoms with Gasteiger partial charge in [0, 0.05) is 17.1 Å². The Morgan fingerprint density at radius 1 is 1.23 bits per heavy atom. The fourth-order valence-electron chi connectivity index (χ4n) is 3.76. The molecule has 31 heavy (non-hydrogen) atoms. The number of aryl methyl sites for hydroxylation is 1. The molecule has 0 fully saturated rings. The first kappa shape index (κ1) is 22.0. The van der Waals surface area contributed by atoms with Gasteiger partial charge in [-0.15, -0.1) is 21.5 Å². The number of ether oxygens (including phenoxy) is 1. The predicted molar refractivity (Wildman–Crippen MR) is 125 cm³/mol. The van der Waals surface area contributed by atoms with Crippen LogP contribution in [0.2, 0.25) is 0 Å². The van der Waals surface area contributed by atoms with E-state index in [1.54, 1.807) is 0 Å². The maximum Gasteiger partial charge on any atom is 0.341 e. The van der Waals surface area contributed by atoms with Crippen molar-refractivity contribution in [1.29, 1.82) is 0 Å². The number of esters is 1. The van der Waals surface area contributed by atoms with Crippen molar-refractivity contribution in [2.45, 2.75) is 42.9 Å². The van der Waals surface area contributed by atoms with Crippen LogP contribution in [0, 0.1) is 6.92 Å². The number of carbonyl (C=O) groups is 2. The second kappa shape index (κ2) is 9.93. The van der Waals surface area contributed by atoms with E-state index in [2.05, 4.69) is 39.8 Å². The van der Waals surface area contributed by atoms with E-state index < -0.39 is 0 Å². The summed E-state index contributed by atoms with van der Waals surface area (Å²) in [4.78, 5) is 26.2. The molecule has 1 aliphatic carbocycles. The van der Waals surface area contributed by atoms with Crippen molar-refractivity contribution in [2.24, 2.45) is 0 Å². The van der Waals surface area contributed by atoms with Crippen molar-refractivity contribution >= 4 is 51.3 Å². The zero-order valence-corrected chi connectivity index (χ0v) is 19.8. The molecule has 1 N–H and O–H groups in total. The smallest absolute Gasteiger partial charge is 0.341 e. The molecule has 3 aromatic rings. The third-order valence-electron chi connectivity index (χ3n) is 5.24. The van der Waals surface area contributed by atoms with Gasteiger partial charge in [0.25, 0.3) is 0 Å². The number of hydrogen-bond acceptors (Lipinski definition) is 8. The van der Waals surface area contributed by atoms with Gasteiger partial charge in [0.15, 0.2) is 4.34 Å². The average Bonchev–Trinajstić information content (AvgIpc) is 3.35. The van der Waals surface area contributed by atoms with E-state index in [0.29, 0.717) is 28.7 Å². The maximum absolute atomic E-state index is 12.6.